The van der Waals surface area contributed by atoms with Crippen molar-refractivity contribution >= 4 is 15.9 Å². The van der Waals surface area contributed by atoms with E-state index >= 15 is 0 Å². The van der Waals surface area contributed by atoms with Gasteiger partial charge in [-0.15, -0.1) is 0 Å². The predicted octanol–water partition coefficient (Wildman–Crippen LogP) is 4.46. The van der Waals surface area contributed by atoms with Crippen LogP contribution in [0, 0.1) is 35.3 Å². The molecule has 3 fully saturated rings. The van der Waals surface area contributed by atoms with Gasteiger partial charge in [-0.2, -0.15) is 0 Å². The van der Waals surface area contributed by atoms with E-state index in [1.807, 2.05) is 0 Å². The maximum atomic E-state index is 14.2. The number of rotatable bonds is 2. The highest BCUT2D eigenvalue weighted by molar-refractivity contribution is 9.10. The van der Waals surface area contributed by atoms with Gasteiger partial charge in [0.15, 0.2) is 0 Å². The van der Waals surface area contributed by atoms with Crippen LogP contribution < -0.4 is 0 Å². The third-order valence-corrected chi connectivity index (χ3v) is 6.84. The molecule has 1 aromatic rings. The normalized spacial score (nSPS) is 40.8. The van der Waals surface area contributed by atoms with Crippen LogP contribution in [0.15, 0.2) is 16.6 Å². The molecule has 0 aliphatic heterocycles. The van der Waals surface area contributed by atoms with Gasteiger partial charge in [-0.05, 0) is 77.4 Å². The fourth-order valence-electron chi connectivity index (χ4n) is 5.48. The van der Waals surface area contributed by atoms with Gasteiger partial charge in [0.1, 0.15) is 11.6 Å². The van der Waals surface area contributed by atoms with E-state index in [-0.39, 0.29) is 22.4 Å². The highest BCUT2D eigenvalue weighted by atomic mass is 79.9. The standard InChI is InChI=1S/C17H19BrF2O/c18-14-4-5-15(19)12(16(14)20)8-17(21)7-9-6-13(17)11-3-1-2-10(9)11/h4-5,9-11,13,21H,1-3,6-8H2. The maximum Gasteiger partial charge on any atom is 0.143 e. The summed E-state index contributed by atoms with van der Waals surface area (Å²) < 4.78 is 28.5. The highest BCUT2D eigenvalue weighted by Gasteiger charge is 2.60. The van der Waals surface area contributed by atoms with E-state index in [2.05, 4.69) is 15.9 Å². The minimum atomic E-state index is -0.918. The van der Waals surface area contributed by atoms with Crippen molar-refractivity contribution in [1.82, 2.24) is 0 Å². The second-order valence-electron chi connectivity index (χ2n) is 7.17. The van der Waals surface area contributed by atoms with Gasteiger partial charge in [0, 0.05) is 12.0 Å². The zero-order valence-corrected chi connectivity index (χ0v) is 13.4. The average Bonchev–Trinajstić information content (AvgIpc) is 3.10. The van der Waals surface area contributed by atoms with Crippen molar-refractivity contribution in [2.24, 2.45) is 23.7 Å². The van der Waals surface area contributed by atoms with Crippen LogP contribution >= 0.6 is 15.9 Å². The minimum Gasteiger partial charge on any atom is -0.389 e. The molecule has 0 heterocycles. The summed E-state index contributed by atoms with van der Waals surface area (Å²) >= 11 is 3.11. The minimum absolute atomic E-state index is 0.0361. The molecule has 3 aliphatic rings. The summed E-state index contributed by atoms with van der Waals surface area (Å²) in [5.74, 6) is 1.02. The molecule has 1 N–H and O–H groups in total. The van der Waals surface area contributed by atoms with E-state index in [1.165, 1.54) is 31.4 Å². The van der Waals surface area contributed by atoms with Crippen LogP contribution in [0.3, 0.4) is 0 Å². The number of fused-ring (bicyclic) bond motifs is 5. The number of aliphatic hydroxyl groups is 1. The Morgan fingerprint density at radius 1 is 1.24 bits per heavy atom. The lowest BCUT2D eigenvalue weighted by Crippen LogP contribution is -2.43. The summed E-state index contributed by atoms with van der Waals surface area (Å²) in [4.78, 5) is 0. The van der Waals surface area contributed by atoms with Crippen molar-refractivity contribution in [3.05, 3.63) is 33.8 Å². The SMILES string of the molecule is OC1(Cc2c(F)ccc(Br)c2F)CC2CC1C1CCCC21. The van der Waals surface area contributed by atoms with Gasteiger partial charge in [0.2, 0.25) is 0 Å². The molecule has 0 radical (unpaired) electrons. The van der Waals surface area contributed by atoms with Gasteiger partial charge in [-0.25, -0.2) is 8.78 Å². The topological polar surface area (TPSA) is 20.2 Å². The van der Waals surface area contributed by atoms with E-state index in [9.17, 15) is 13.9 Å². The van der Waals surface area contributed by atoms with E-state index in [0.29, 0.717) is 18.3 Å². The van der Waals surface area contributed by atoms with Crippen molar-refractivity contribution < 1.29 is 13.9 Å². The third kappa shape index (κ3) is 2.02. The Morgan fingerprint density at radius 2 is 2.00 bits per heavy atom. The van der Waals surface area contributed by atoms with Gasteiger partial charge < -0.3 is 5.11 Å². The van der Waals surface area contributed by atoms with Crippen molar-refractivity contribution in [3.8, 4) is 0 Å². The number of hydrogen-bond acceptors (Lipinski definition) is 1. The van der Waals surface area contributed by atoms with Gasteiger partial charge in [0.05, 0.1) is 10.1 Å². The smallest absolute Gasteiger partial charge is 0.143 e. The molecule has 2 bridgehead atoms. The first-order chi connectivity index (χ1) is 9.99. The molecule has 0 amide bonds. The molecular weight excluding hydrogens is 338 g/mol. The first-order valence-electron chi connectivity index (χ1n) is 7.84. The first kappa shape index (κ1) is 14.1. The molecule has 21 heavy (non-hydrogen) atoms. The number of halogens is 3. The molecule has 0 saturated heterocycles. The van der Waals surface area contributed by atoms with Gasteiger partial charge in [-0.1, -0.05) is 6.42 Å². The van der Waals surface area contributed by atoms with Crippen LogP contribution in [0.2, 0.25) is 0 Å². The summed E-state index contributed by atoms with van der Waals surface area (Å²) in [6.45, 7) is 0. The summed E-state index contributed by atoms with van der Waals surface area (Å²) in [5, 5.41) is 11.1. The zero-order chi connectivity index (χ0) is 14.8. The Bertz CT molecular complexity index is 590. The molecular formula is C17H19BrF2O. The Hall–Kier alpha value is -0.480. The number of benzene rings is 1. The van der Waals surface area contributed by atoms with Crippen LogP contribution in [0.5, 0.6) is 0 Å². The lowest BCUT2D eigenvalue weighted by Gasteiger charge is -2.39. The predicted molar refractivity (Wildman–Crippen MR) is 79.8 cm³/mol. The van der Waals surface area contributed by atoms with Crippen LogP contribution in [0.4, 0.5) is 8.78 Å². The van der Waals surface area contributed by atoms with Gasteiger partial charge >= 0.3 is 0 Å². The van der Waals surface area contributed by atoms with Gasteiger partial charge in [-0.3, -0.25) is 0 Å². The second kappa shape index (κ2) is 4.76. The maximum absolute atomic E-state index is 14.2. The molecule has 1 nitrogen and oxygen atoms in total. The molecule has 0 aromatic heterocycles. The lowest BCUT2D eigenvalue weighted by atomic mass is 9.70. The fourth-order valence-corrected chi connectivity index (χ4v) is 5.85. The Balaban J connectivity index is 1.65. The average molecular weight is 357 g/mol. The van der Waals surface area contributed by atoms with Crippen LogP contribution in [0.25, 0.3) is 0 Å². The van der Waals surface area contributed by atoms with Crippen LogP contribution in [-0.4, -0.2) is 10.7 Å². The van der Waals surface area contributed by atoms with Crippen LogP contribution in [-0.2, 0) is 6.42 Å². The monoisotopic (exact) mass is 356 g/mol. The van der Waals surface area contributed by atoms with Crippen molar-refractivity contribution in [2.45, 2.75) is 44.1 Å². The van der Waals surface area contributed by atoms with Gasteiger partial charge in [0.25, 0.3) is 0 Å². The van der Waals surface area contributed by atoms with Crippen molar-refractivity contribution in [3.63, 3.8) is 0 Å². The zero-order valence-electron chi connectivity index (χ0n) is 11.8. The van der Waals surface area contributed by atoms with E-state index < -0.39 is 17.2 Å². The van der Waals surface area contributed by atoms with Crippen molar-refractivity contribution in [2.75, 3.05) is 0 Å². The van der Waals surface area contributed by atoms with E-state index in [4.69, 9.17) is 0 Å². The van der Waals surface area contributed by atoms with E-state index in [0.717, 1.165) is 12.3 Å². The highest BCUT2D eigenvalue weighted by Crippen LogP contribution is 2.63. The summed E-state index contributed by atoms with van der Waals surface area (Å²) in [5.41, 5.74) is -0.882. The largest absolute Gasteiger partial charge is 0.389 e. The molecule has 1 aromatic carbocycles. The lowest BCUT2D eigenvalue weighted by molar-refractivity contribution is -0.0461. The molecule has 4 rings (SSSR count). The fraction of sp³-hybridized carbons (Fsp3) is 0.647. The Kier molecular flexibility index (Phi) is 3.20. The van der Waals surface area contributed by atoms with Crippen molar-refractivity contribution in [1.29, 1.82) is 0 Å². The molecule has 114 valence electrons. The summed E-state index contributed by atoms with van der Waals surface area (Å²) in [7, 11) is 0. The molecule has 3 saturated carbocycles. The summed E-state index contributed by atoms with van der Waals surface area (Å²) in [6, 6.07) is 2.66. The first-order valence-corrected chi connectivity index (χ1v) is 8.63. The van der Waals surface area contributed by atoms with E-state index in [1.54, 1.807) is 0 Å². The second-order valence-corrected chi connectivity index (χ2v) is 8.02. The Labute approximate surface area is 131 Å². The molecule has 5 atom stereocenters. The molecule has 0 spiro atoms. The molecule has 5 unspecified atom stereocenters. The Morgan fingerprint density at radius 3 is 2.81 bits per heavy atom. The summed E-state index contributed by atoms with van der Waals surface area (Å²) in [6.07, 6.45) is 5.57. The quantitative estimate of drug-likeness (QED) is 0.775. The third-order valence-electron chi connectivity index (χ3n) is 6.23. The van der Waals surface area contributed by atoms with Crippen LogP contribution in [0.1, 0.15) is 37.7 Å². The molecule has 3 aliphatic carbocycles. The molecule has 4 heteroatoms. The number of hydrogen-bond donors (Lipinski definition) is 1.